The van der Waals surface area contributed by atoms with Gasteiger partial charge in [0.05, 0.1) is 7.11 Å². The number of hydrogen-bond donors (Lipinski definition) is 4. The van der Waals surface area contributed by atoms with E-state index in [1.54, 1.807) is 93.6 Å². The molecule has 0 radical (unpaired) electrons. The van der Waals surface area contributed by atoms with Gasteiger partial charge in [0.15, 0.2) is 0 Å². The lowest BCUT2D eigenvalue weighted by molar-refractivity contribution is -0.145. The van der Waals surface area contributed by atoms with Crippen LogP contribution in [0, 0.1) is 0 Å². The van der Waals surface area contributed by atoms with Gasteiger partial charge in [-0.05, 0) is 43.5 Å². The van der Waals surface area contributed by atoms with Gasteiger partial charge in [0.1, 0.15) is 29.4 Å². The SMILES string of the molecule is COC(=O)[C@H](Cc1ccccc1)NC(=O)[C@H](Cc1ccccc1)NC(=O)[C@H](Cc1c(C(F)(F)F)[nH]c2ccccc12)NC(=O)OC(C)(C)C. The van der Waals surface area contributed by atoms with Crippen molar-refractivity contribution in [2.45, 2.75) is 69.9 Å². The Balaban J connectivity index is 1.68. The first kappa shape index (κ1) is 36.5. The number of benzene rings is 3. The summed E-state index contributed by atoms with van der Waals surface area (Å²) >= 11 is 0. The number of alkyl carbamates (subject to hydrolysis) is 1. The van der Waals surface area contributed by atoms with Crippen LogP contribution in [0.3, 0.4) is 0 Å². The molecule has 0 saturated carbocycles. The molecular formula is C36H39F3N4O6. The molecule has 0 unspecified atom stereocenters. The Morgan fingerprint density at radius 3 is 1.71 bits per heavy atom. The molecule has 0 spiro atoms. The van der Waals surface area contributed by atoms with E-state index in [1.165, 1.54) is 19.2 Å². The zero-order valence-electron chi connectivity index (χ0n) is 27.5. The number of aromatic amines is 1. The average molecular weight is 681 g/mol. The molecule has 4 aromatic rings. The molecule has 0 fully saturated rings. The lowest BCUT2D eigenvalue weighted by Crippen LogP contribution is -2.57. The number of fused-ring (bicyclic) bond motifs is 1. The van der Waals surface area contributed by atoms with Crippen molar-refractivity contribution in [3.8, 4) is 0 Å². The Labute approximate surface area is 281 Å². The molecule has 1 aromatic heterocycles. The highest BCUT2D eigenvalue weighted by Crippen LogP contribution is 2.36. The van der Waals surface area contributed by atoms with Crippen LogP contribution in [0.15, 0.2) is 84.9 Å². The Hall–Kier alpha value is -5.33. The van der Waals surface area contributed by atoms with Crippen LogP contribution in [0.5, 0.6) is 0 Å². The van der Waals surface area contributed by atoms with Gasteiger partial charge in [0, 0.05) is 30.2 Å². The summed E-state index contributed by atoms with van der Waals surface area (Å²) < 4.78 is 52.9. The number of para-hydroxylation sites is 1. The second kappa shape index (κ2) is 15.7. The summed E-state index contributed by atoms with van der Waals surface area (Å²) in [6, 6.07) is 19.6. The van der Waals surface area contributed by atoms with Crippen LogP contribution in [0.2, 0.25) is 0 Å². The number of esters is 1. The third-order valence-electron chi connectivity index (χ3n) is 7.51. The number of H-pyrrole nitrogens is 1. The summed E-state index contributed by atoms with van der Waals surface area (Å²) in [5.74, 6) is -2.41. The van der Waals surface area contributed by atoms with Crippen molar-refractivity contribution in [2.24, 2.45) is 0 Å². The summed E-state index contributed by atoms with van der Waals surface area (Å²) in [4.78, 5) is 55.8. The molecule has 10 nitrogen and oxygen atoms in total. The van der Waals surface area contributed by atoms with Gasteiger partial charge < -0.3 is 30.4 Å². The van der Waals surface area contributed by atoms with Crippen LogP contribution < -0.4 is 16.0 Å². The van der Waals surface area contributed by atoms with E-state index in [4.69, 9.17) is 9.47 Å². The maximum absolute atomic E-state index is 14.2. The maximum Gasteiger partial charge on any atom is 0.431 e. The number of amides is 3. The van der Waals surface area contributed by atoms with Crippen LogP contribution in [0.25, 0.3) is 10.9 Å². The lowest BCUT2D eigenvalue weighted by atomic mass is 9.99. The number of rotatable bonds is 12. The normalized spacial score (nSPS) is 13.5. The van der Waals surface area contributed by atoms with Gasteiger partial charge in [-0.3, -0.25) is 9.59 Å². The lowest BCUT2D eigenvalue weighted by Gasteiger charge is -2.26. The van der Waals surface area contributed by atoms with E-state index < -0.39 is 65.9 Å². The molecule has 49 heavy (non-hydrogen) atoms. The first-order chi connectivity index (χ1) is 23.1. The van der Waals surface area contributed by atoms with Gasteiger partial charge in [0.25, 0.3) is 0 Å². The minimum Gasteiger partial charge on any atom is -0.467 e. The van der Waals surface area contributed by atoms with Crippen LogP contribution in [0.1, 0.15) is 43.2 Å². The molecule has 3 atom stereocenters. The monoisotopic (exact) mass is 680 g/mol. The second-order valence-electron chi connectivity index (χ2n) is 12.4. The van der Waals surface area contributed by atoms with Gasteiger partial charge in [-0.2, -0.15) is 13.2 Å². The van der Waals surface area contributed by atoms with E-state index >= 15 is 0 Å². The highest BCUT2D eigenvalue weighted by molar-refractivity contribution is 5.94. The third kappa shape index (κ3) is 10.3. The quantitative estimate of drug-likeness (QED) is 0.151. The molecule has 4 N–H and O–H groups in total. The first-order valence-electron chi connectivity index (χ1n) is 15.6. The molecule has 3 aromatic carbocycles. The number of methoxy groups -OCH3 is 1. The molecule has 13 heteroatoms. The van der Waals surface area contributed by atoms with Crippen LogP contribution in [-0.2, 0) is 49.3 Å². The summed E-state index contributed by atoms with van der Waals surface area (Å²) in [7, 11) is 1.18. The fourth-order valence-electron chi connectivity index (χ4n) is 5.31. The van der Waals surface area contributed by atoms with Crippen molar-refractivity contribution in [3.63, 3.8) is 0 Å². The van der Waals surface area contributed by atoms with Gasteiger partial charge in [-0.15, -0.1) is 0 Å². The number of alkyl halides is 3. The zero-order valence-corrected chi connectivity index (χ0v) is 27.5. The molecule has 0 bridgehead atoms. The van der Waals surface area contributed by atoms with E-state index in [1.807, 2.05) is 0 Å². The molecule has 0 aliphatic carbocycles. The number of halogens is 3. The third-order valence-corrected chi connectivity index (χ3v) is 7.51. The molecule has 0 saturated heterocycles. The highest BCUT2D eigenvalue weighted by Gasteiger charge is 2.39. The van der Waals surface area contributed by atoms with Crippen molar-refractivity contribution in [2.75, 3.05) is 7.11 Å². The van der Waals surface area contributed by atoms with E-state index in [2.05, 4.69) is 20.9 Å². The molecule has 0 aliphatic heterocycles. The van der Waals surface area contributed by atoms with Crippen LogP contribution >= 0.6 is 0 Å². The van der Waals surface area contributed by atoms with Crippen LogP contribution in [0.4, 0.5) is 18.0 Å². The number of ether oxygens (including phenoxy) is 2. The highest BCUT2D eigenvalue weighted by atomic mass is 19.4. The fraction of sp³-hybridized carbons (Fsp3) is 0.333. The molecular weight excluding hydrogens is 641 g/mol. The molecule has 260 valence electrons. The number of carbonyl (C=O) groups excluding carboxylic acids is 4. The van der Waals surface area contributed by atoms with Gasteiger partial charge in [-0.1, -0.05) is 78.9 Å². The minimum atomic E-state index is -4.81. The van der Waals surface area contributed by atoms with Gasteiger partial charge in [0.2, 0.25) is 11.8 Å². The Kier molecular flexibility index (Phi) is 11.7. The zero-order chi connectivity index (χ0) is 35.8. The molecule has 3 amide bonds. The van der Waals surface area contributed by atoms with E-state index in [-0.39, 0.29) is 29.3 Å². The summed E-state index contributed by atoms with van der Waals surface area (Å²) in [6.07, 6.45) is -6.40. The van der Waals surface area contributed by atoms with E-state index in [9.17, 15) is 32.3 Å². The molecule has 1 heterocycles. The van der Waals surface area contributed by atoms with E-state index in [0.29, 0.717) is 5.56 Å². The topological polar surface area (TPSA) is 139 Å². The van der Waals surface area contributed by atoms with Crippen molar-refractivity contribution in [1.29, 1.82) is 0 Å². The standard InChI is InChI=1S/C36H39F3N4O6/c1-35(2,3)49-34(47)43-28(21-25-24-17-11-12-18-26(24)40-30(25)36(37,38)39)32(45)41-27(19-22-13-7-5-8-14-22)31(44)42-29(33(46)48-4)20-23-15-9-6-10-16-23/h5-18,27-29,40H,19-21H2,1-4H3,(H,41,45)(H,42,44)(H,43,47)/t27-,28-,29-/m0/s1. The van der Waals surface area contributed by atoms with Gasteiger partial charge >= 0.3 is 18.2 Å². The second-order valence-corrected chi connectivity index (χ2v) is 12.4. The summed E-state index contributed by atoms with van der Waals surface area (Å²) in [5.41, 5.74) is -0.735. The van der Waals surface area contributed by atoms with Crippen molar-refractivity contribution < 1.29 is 41.8 Å². The summed E-state index contributed by atoms with van der Waals surface area (Å²) in [5, 5.41) is 7.88. The minimum absolute atomic E-state index is 0.0440. The largest absolute Gasteiger partial charge is 0.467 e. The van der Waals surface area contributed by atoms with Crippen molar-refractivity contribution >= 4 is 34.8 Å². The number of hydrogen-bond acceptors (Lipinski definition) is 6. The Morgan fingerprint density at radius 1 is 0.694 bits per heavy atom. The smallest absolute Gasteiger partial charge is 0.431 e. The predicted octanol–water partition coefficient (Wildman–Crippen LogP) is 5.25. The Bertz CT molecular complexity index is 1750. The van der Waals surface area contributed by atoms with Crippen molar-refractivity contribution in [1.82, 2.24) is 20.9 Å². The molecule has 0 aliphatic rings. The maximum atomic E-state index is 14.2. The average Bonchev–Trinajstić information content (AvgIpc) is 3.42. The fourth-order valence-corrected chi connectivity index (χ4v) is 5.31. The molecule has 4 rings (SSSR count). The van der Waals surface area contributed by atoms with Gasteiger partial charge in [-0.25, -0.2) is 9.59 Å². The number of aromatic nitrogens is 1. The van der Waals surface area contributed by atoms with Crippen molar-refractivity contribution in [3.05, 3.63) is 107 Å². The number of nitrogens with one attached hydrogen (secondary N) is 4. The van der Waals surface area contributed by atoms with Crippen LogP contribution in [-0.4, -0.2) is 59.7 Å². The van der Waals surface area contributed by atoms with E-state index in [0.717, 1.165) is 5.56 Å². The summed E-state index contributed by atoms with van der Waals surface area (Å²) in [6.45, 7) is 4.78. The number of carbonyl (C=O) groups is 4. The Morgan fingerprint density at radius 2 is 1.18 bits per heavy atom. The first-order valence-corrected chi connectivity index (χ1v) is 15.6. The predicted molar refractivity (Wildman–Crippen MR) is 176 cm³/mol.